The average molecular weight is 198 g/mol. The molecule has 0 spiro atoms. The lowest BCUT2D eigenvalue weighted by Gasteiger charge is -2.43. The van der Waals surface area contributed by atoms with Gasteiger partial charge in [0.25, 0.3) is 0 Å². The predicted octanol–water partition coefficient (Wildman–Crippen LogP) is 0.707. The Balaban J connectivity index is 1.76. The second-order valence-corrected chi connectivity index (χ2v) is 5.17. The Bertz CT molecular complexity index is 190. The van der Waals surface area contributed by atoms with E-state index in [0.29, 0.717) is 0 Å². The maximum Gasteiger partial charge on any atom is 0.0645 e. The number of morpholine rings is 1. The molecule has 82 valence electrons. The van der Waals surface area contributed by atoms with Crippen LogP contribution in [0.1, 0.15) is 20.3 Å². The van der Waals surface area contributed by atoms with Crippen LogP contribution in [0.15, 0.2) is 0 Å². The van der Waals surface area contributed by atoms with E-state index in [9.17, 15) is 0 Å². The summed E-state index contributed by atoms with van der Waals surface area (Å²) in [4.78, 5) is 2.58. The molecule has 0 saturated carbocycles. The molecule has 0 unspecified atom stereocenters. The van der Waals surface area contributed by atoms with Crippen LogP contribution in [-0.4, -0.2) is 49.8 Å². The van der Waals surface area contributed by atoms with Crippen molar-refractivity contribution >= 4 is 0 Å². The van der Waals surface area contributed by atoms with Crippen LogP contribution in [0, 0.1) is 5.92 Å². The first-order valence-electron chi connectivity index (χ1n) is 5.72. The Morgan fingerprint density at radius 1 is 1.43 bits per heavy atom. The summed E-state index contributed by atoms with van der Waals surface area (Å²) in [5.41, 5.74) is 0.245. The number of nitrogens with one attached hydrogen (secondary N) is 1. The molecule has 1 N–H and O–H groups in total. The summed E-state index contributed by atoms with van der Waals surface area (Å²) < 4.78 is 5.51. The molecule has 3 nitrogen and oxygen atoms in total. The van der Waals surface area contributed by atoms with Gasteiger partial charge in [0.15, 0.2) is 0 Å². The van der Waals surface area contributed by atoms with Crippen LogP contribution in [0.4, 0.5) is 0 Å². The van der Waals surface area contributed by atoms with Gasteiger partial charge in [-0.2, -0.15) is 0 Å². The van der Waals surface area contributed by atoms with Crippen LogP contribution in [0.2, 0.25) is 0 Å². The summed E-state index contributed by atoms with van der Waals surface area (Å²) in [6, 6.07) is 0. The quantitative estimate of drug-likeness (QED) is 0.723. The van der Waals surface area contributed by atoms with Crippen LogP contribution in [-0.2, 0) is 4.74 Å². The van der Waals surface area contributed by atoms with Gasteiger partial charge in [-0.05, 0) is 45.8 Å². The van der Waals surface area contributed by atoms with Gasteiger partial charge in [-0.25, -0.2) is 0 Å². The second-order valence-electron chi connectivity index (χ2n) is 5.17. The van der Waals surface area contributed by atoms with Crippen LogP contribution in [0.5, 0.6) is 0 Å². The molecule has 2 heterocycles. The summed E-state index contributed by atoms with van der Waals surface area (Å²) in [5.74, 6) is 0.925. The smallest absolute Gasteiger partial charge is 0.0645 e. The van der Waals surface area contributed by atoms with Crippen molar-refractivity contribution in [3.05, 3.63) is 0 Å². The first-order valence-corrected chi connectivity index (χ1v) is 5.72. The minimum Gasteiger partial charge on any atom is -0.378 e. The second kappa shape index (κ2) is 4.17. The molecule has 14 heavy (non-hydrogen) atoms. The molecule has 0 aromatic heterocycles. The highest BCUT2D eigenvalue weighted by Crippen LogP contribution is 2.20. The fraction of sp³-hybridized carbons (Fsp3) is 1.00. The molecule has 2 fully saturated rings. The molecule has 0 aromatic rings. The highest BCUT2D eigenvalue weighted by atomic mass is 16.5. The van der Waals surface area contributed by atoms with Gasteiger partial charge in [0.2, 0.25) is 0 Å². The molecular weight excluding hydrogens is 176 g/mol. The predicted molar refractivity (Wildman–Crippen MR) is 57.4 cm³/mol. The number of hydrogen-bond donors (Lipinski definition) is 1. The van der Waals surface area contributed by atoms with E-state index in [1.165, 1.54) is 26.1 Å². The molecule has 0 atom stereocenters. The maximum atomic E-state index is 5.51. The number of ether oxygens (including phenoxy) is 1. The van der Waals surface area contributed by atoms with Crippen molar-refractivity contribution in [3.63, 3.8) is 0 Å². The lowest BCUT2D eigenvalue weighted by Crippen LogP contribution is -2.54. The zero-order valence-corrected chi connectivity index (χ0v) is 9.38. The zero-order valence-electron chi connectivity index (χ0n) is 9.38. The fourth-order valence-corrected chi connectivity index (χ4v) is 2.20. The molecular formula is C11H22N2O. The molecule has 2 aliphatic rings. The topological polar surface area (TPSA) is 24.5 Å². The Morgan fingerprint density at radius 2 is 2.21 bits per heavy atom. The third-order valence-electron chi connectivity index (χ3n) is 3.49. The Hall–Kier alpha value is -0.120. The van der Waals surface area contributed by atoms with Crippen molar-refractivity contribution in [3.8, 4) is 0 Å². The molecule has 0 amide bonds. The Kier molecular flexibility index (Phi) is 3.10. The summed E-state index contributed by atoms with van der Waals surface area (Å²) >= 11 is 0. The monoisotopic (exact) mass is 198 g/mol. The third-order valence-corrected chi connectivity index (χ3v) is 3.49. The molecule has 0 aromatic carbocycles. The molecule has 0 aliphatic carbocycles. The minimum absolute atomic E-state index is 0.245. The summed E-state index contributed by atoms with van der Waals surface area (Å²) in [7, 11) is 0. The third kappa shape index (κ3) is 2.27. The molecule has 2 rings (SSSR count). The van der Waals surface area contributed by atoms with Crippen LogP contribution in [0.3, 0.4) is 0 Å². The molecule has 2 aliphatic heterocycles. The van der Waals surface area contributed by atoms with Crippen LogP contribution in [0.25, 0.3) is 0 Å². The van der Waals surface area contributed by atoms with Crippen molar-refractivity contribution in [2.75, 3.05) is 39.4 Å². The summed E-state index contributed by atoms with van der Waals surface area (Å²) in [6.07, 6.45) is 1.34. The van der Waals surface area contributed by atoms with E-state index in [-0.39, 0.29) is 5.54 Å². The Labute approximate surface area is 86.8 Å². The Morgan fingerprint density at radius 3 is 2.79 bits per heavy atom. The van der Waals surface area contributed by atoms with E-state index in [0.717, 1.165) is 25.7 Å². The van der Waals surface area contributed by atoms with E-state index < -0.39 is 0 Å². The largest absolute Gasteiger partial charge is 0.378 e. The number of rotatable bonds is 3. The maximum absolute atomic E-state index is 5.51. The first kappa shape index (κ1) is 10.4. The van der Waals surface area contributed by atoms with E-state index in [4.69, 9.17) is 4.74 Å². The van der Waals surface area contributed by atoms with E-state index in [2.05, 4.69) is 24.1 Å². The SMILES string of the molecule is CC1(C)COCCN1CCC1CNC1. The zero-order chi connectivity index (χ0) is 10.0. The van der Waals surface area contributed by atoms with Crippen molar-refractivity contribution in [2.24, 2.45) is 5.92 Å². The molecule has 3 heteroatoms. The van der Waals surface area contributed by atoms with Gasteiger partial charge in [-0.3, -0.25) is 4.90 Å². The van der Waals surface area contributed by atoms with Gasteiger partial charge in [-0.15, -0.1) is 0 Å². The van der Waals surface area contributed by atoms with Gasteiger partial charge in [-0.1, -0.05) is 0 Å². The number of hydrogen-bond acceptors (Lipinski definition) is 3. The average Bonchev–Trinajstić information content (AvgIpc) is 2.04. The first-order chi connectivity index (χ1) is 6.68. The standard InChI is InChI=1S/C11H22N2O/c1-11(2)9-14-6-5-13(11)4-3-10-7-12-8-10/h10,12H,3-9H2,1-2H3. The van der Waals surface area contributed by atoms with Gasteiger partial charge >= 0.3 is 0 Å². The van der Waals surface area contributed by atoms with Gasteiger partial charge in [0.05, 0.1) is 13.2 Å². The van der Waals surface area contributed by atoms with Crippen molar-refractivity contribution in [2.45, 2.75) is 25.8 Å². The van der Waals surface area contributed by atoms with Gasteiger partial charge in [0.1, 0.15) is 0 Å². The van der Waals surface area contributed by atoms with Crippen molar-refractivity contribution < 1.29 is 4.74 Å². The molecule has 0 bridgehead atoms. The molecule has 0 radical (unpaired) electrons. The van der Waals surface area contributed by atoms with Crippen molar-refractivity contribution in [1.82, 2.24) is 10.2 Å². The van der Waals surface area contributed by atoms with Crippen LogP contribution >= 0.6 is 0 Å². The van der Waals surface area contributed by atoms with E-state index in [1.807, 2.05) is 0 Å². The van der Waals surface area contributed by atoms with Crippen molar-refractivity contribution in [1.29, 1.82) is 0 Å². The fourth-order valence-electron chi connectivity index (χ4n) is 2.20. The summed E-state index contributed by atoms with van der Waals surface area (Å²) in [6.45, 7) is 11.2. The van der Waals surface area contributed by atoms with Gasteiger partial charge < -0.3 is 10.1 Å². The highest BCUT2D eigenvalue weighted by Gasteiger charge is 2.30. The lowest BCUT2D eigenvalue weighted by molar-refractivity contribution is -0.0534. The van der Waals surface area contributed by atoms with Gasteiger partial charge in [0, 0.05) is 12.1 Å². The lowest BCUT2D eigenvalue weighted by atomic mass is 9.96. The highest BCUT2D eigenvalue weighted by molar-refractivity contribution is 4.86. The minimum atomic E-state index is 0.245. The normalized spacial score (nSPS) is 28.7. The molecule has 2 saturated heterocycles. The van der Waals surface area contributed by atoms with E-state index >= 15 is 0 Å². The number of nitrogens with zero attached hydrogens (tertiary/aromatic N) is 1. The van der Waals surface area contributed by atoms with Crippen LogP contribution < -0.4 is 5.32 Å². The van der Waals surface area contributed by atoms with E-state index in [1.54, 1.807) is 0 Å². The summed E-state index contributed by atoms with van der Waals surface area (Å²) in [5, 5.41) is 3.33.